The van der Waals surface area contributed by atoms with Crippen molar-refractivity contribution < 1.29 is 14.3 Å². The van der Waals surface area contributed by atoms with Crippen LogP contribution in [0.15, 0.2) is 55.0 Å². The zero-order valence-electron chi connectivity index (χ0n) is 20.7. The minimum Gasteiger partial charge on any atom is -0.382 e. The molecule has 4 N–H and O–H groups in total. The lowest BCUT2D eigenvalue weighted by Crippen LogP contribution is -2.46. The Balaban J connectivity index is 1.44. The lowest BCUT2D eigenvalue weighted by Gasteiger charge is -2.35. The molecule has 0 aliphatic carbocycles. The van der Waals surface area contributed by atoms with Crippen LogP contribution in [0.3, 0.4) is 0 Å². The summed E-state index contributed by atoms with van der Waals surface area (Å²) in [6.07, 6.45) is 7.36. The summed E-state index contributed by atoms with van der Waals surface area (Å²) < 4.78 is 17.4. The van der Waals surface area contributed by atoms with E-state index in [0.717, 1.165) is 25.7 Å². The van der Waals surface area contributed by atoms with E-state index in [1.54, 1.807) is 49.8 Å². The maximum absolute atomic E-state index is 15.6. The van der Waals surface area contributed by atoms with E-state index in [1.807, 2.05) is 9.30 Å². The van der Waals surface area contributed by atoms with E-state index in [4.69, 9.17) is 10.7 Å². The van der Waals surface area contributed by atoms with E-state index < -0.39 is 23.5 Å². The number of hydrogen-bond donors (Lipinski definition) is 3. The van der Waals surface area contributed by atoms with Gasteiger partial charge < -0.3 is 16.2 Å². The summed E-state index contributed by atoms with van der Waals surface area (Å²) in [4.78, 5) is 28.0. The van der Waals surface area contributed by atoms with Crippen LogP contribution in [0.2, 0.25) is 0 Å². The number of nitrogen functional groups attached to an aromatic ring is 1. The summed E-state index contributed by atoms with van der Waals surface area (Å²) in [5, 5.41) is 13.6. The third-order valence-electron chi connectivity index (χ3n) is 7.60. The topological polar surface area (TPSA) is 122 Å². The summed E-state index contributed by atoms with van der Waals surface area (Å²) in [5.74, 6) is 5.85. The second kappa shape index (κ2) is 9.20. The van der Waals surface area contributed by atoms with E-state index in [1.165, 1.54) is 12.1 Å². The molecule has 10 heteroatoms. The highest BCUT2D eigenvalue weighted by molar-refractivity contribution is 6.04. The van der Waals surface area contributed by atoms with Gasteiger partial charge in [0, 0.05) is 35.8 Å². The summed E-state index contributed by atoms with van der Waals surface area (Å²) in [6, 6.07) is 9.58. The molecule has 2 saturated heterocycles. The van der Waals surface area contributed by atoms with Gasteiger partial charge in [-0.2, -0.15) is 0 Å². The van der Waals surface area contributed by atoms with Gasteiger partial charge in [0.05, 0.1) is 5.54 Å². The summed E-state index contributed by atoms with van der Waals surface area (Å²) >= 11 is 0. The third kappa shape index (κ3) is 3.70. The van der Waals surface area contributed by atoms with Crippen LogP contribution in [-0.4, -0.2) is 47.5 Å². The predicted octanol–water partition coefficient (Wildman–Crippen LogP) is 3.56. The molecule has 4 aromatic rings. The van der Waals surface area contributed by atoms with Crippen LogP contribution in [0.4, 0.5) is 16.0 Å². The molecular weight excluding hydrogens is 485 g/mol. The third-order valence-corrected chi connectivity index (χ3v) is 7.60. The molecular formula is C28H26FN7O2. The van der Waals surface area contributed by atoms with E-state index in [2.05, 4.69) is 27.1 Å². The first-order valence-electron chi connectivity index (χ1n) is 12.5. The maximum atomic E-state index is 15.6. The minimum absolute atomic E-state index is 0.146. The molecule has 3 aromatic heterocycles. The Morgan fingerprint density at radius 1 is 1.24 bits per heavy atom. The normalized spacial score (nSPS) is 21.3. The molecule has 5 heterocycles. The van der Waals surface area contributed by atoms with Crippen molar-refractivity contribution in [3.05, 3.63) is 72.2 Å². The number of anilines is 2. The molecule has 2 bridgehead atoms. The smallest absolute Gasteiger partial charge is 0.256 e. The van der Waals surface area contributed by atoms with Gasteiger partial charge in [0.2, 0.25) is 0 Å². The first-order chi connectivity index (χ1) is 18.4. The average molecular weight is 512 g/mol. The Labute approximate surface area is 218 Å². The number of aliphatic hydroxyl groups is 1. The molecule has 1 unspecified atom stereocenters. The molecule has 1 amide bonds. The number of imidazole rings is 1. The molecule has 1 aromatic carbocycles. The van der Waals surface area contributed by atoms with Gasteiger partial charge in [-0.1, -0.05) is 12.0 Å². The Kier molecular flexibility index (Phi) is 5.82. The Morgan fingerprint density at radius 3 is 2.76 bits per heavy atom. The van der Waals surface area contributed by atoms with Crippen molar-refractivity contribution in [1.82, 2.24) is 24.3 Å². The van der Waals surface area contributed by atoms with Gasteiger partial charge in [-0.25, -0.2) is 19.3 Å². The fourth-order valence-corrected chi connectivity index (χ4v) is 5.99. The molecule has 6 rings (SSSR count). The Morgan fingerprint density at radius 2 is 2.05 bits per heavy atom. The first kappa shape index (κ1) is 24.0. The van der Waals surface area contributed by atoms with Crippen LogP contribution in [-0.2, 0) is 5.54 Å². The number of benzene rings is 1. The van der Waals surface area contributed by atoms with Crippen LogP contribution in [0.5, 0.6) is 0 Å². The number of carbonyl (C=O) groups excluding carboxylic acids is 1. The van der Waals surface area contributed by atoms with Crippen LogP contribution in [0, 0.1) is 17.7 Å². The van der Waals surface area contributed by atoms with Crippen LogP contribution in [0.25, 0.3) is 16.8 Å². The molecule has 2 aliphatic heterocycles. The number of nitrogens with zero attached hydrogens (tertiary/aromatic N) is 5. The highest BCUT2D eigenvalue weighted by Crippen LogP contribution is 2.54. The van der Waals surface area contributed by atoms with E-state index in [9.17, 15) is 9.90 Å². The van der Waals surface area contributed by atoms with Gasteiger partial charge in [0.25, 0.3) is 5.91 Å². The molecule has 38 heavy (non-hydrogen) atoms. The lowest BCUT2D eigenvalue weighted by molar-refractivity contribution is -0.0108. The number of amides is 1. The fourth-order valence-electron chi connectivity index (χ4n) is 5.99. The van der Waals surface area contributed by atoms with Crippen LogP contribution < -0.4 is 11.1 Å². The second-order valence-electron chi connectivity index (χ2n) is 9.62. The van der Waals surface area contributed by atoms with Crippen molar-refractivity contribution in [2.24, 2.45) is 0 Å². The maximum Gasteiger partial charge on any atom is 0.256 e. The lowest BCUT2D eigenvalue weighted by atomic mass is 9.87. The van der Waals surface area contributed by atoms with Gasteiger partial charge in [0.15, 0.2) is 6.23 Å². The molecule has 0 saturated carbocycles. The highest BCUT2D eigenvalue weighted by atomic mass is 19.1. The van der Waals surface area contributed by atoms with Gasteiger partial charge in [-0.15, -0.1) is 5.92 Å². The number of carbonyl (C=O) groups is 1. The number of rotatable bonds is 5. The molecule has 2 aliphatic rings. The van der Waals surface area contributed by atoms with E-state index in [-0.39, 0.29) is 23.0 Å². The number of halogens is 1. The van der Waals surface area contributed by atoms with Gasteiger partial charge >= 0.3 is 0 Å². The minimum atomic E-state index is -0.932. The molecule has 0 radical (unpaired) electrons. The van der Waals surface area contributed by atoms with Crippen molar-refractivity contribution in [2.45, 2.75) is 50.4 Å². The van der Waals surface area contributed by atoms with Crippen molar-refractivity contribution >= 4 is 23.1 Å². The Bertz CT molecular complexity index is 1600. The number of aromatic nitrogens is 4. The molecule has 0 spiro atoms. The zero-order valence-corrected chi connectivity index (χ0v) is 20.7. The van der Waals surface area contributed by atoms with Gasteiger partial charge in [0.1, 0.15) is 34.5 Å². The standard InChI is InChI=1S/C28H26FN7O2/c1-2-5-22(37)36-18-9-11-28(36,12-10-18)27-34-23(24-25(30)32-14-15-35(24)27)19-8-7-17(16-20(19)29)26(38)33-21-6-3-4-13-31-21/h3-4,6-8,13-16,18,22,37H,9-12H2,1H3,(H2,30,32)(H,31,33,38). The summed E-state index contributed by atoms with van der Waals surface area (Å²) in [6.45, 7) is 1.70. The number of aliphatic hydroxyl groups excluding tert-OH is 1. The summed E-state index contributed by atoms with van der Waals surface area (Å²) in [5.41, 5.74) is 6.90. The average Bonchev–Trinajstić information content (AvgIpc) is 3.60. The van der Waals surface area contributed by atoms with Crippen molar-refractivity contribution in [3.8, 4) is 23.1 Å². The molecule has 2 fully saturated rings. The number of hydrogen-bond acceptors (Lipinski definition) is 7. The monoisotopic (exact) mass is 511 g/mol. The number of fused-ring (bicyclic) bond motifs is 3. The van der Waals surface area contributed by atoms with Crippen molar-refractivity contribution in [1.29, 1.82) is 0 Å². The number of pyridine rings is 1. The largest absolute Gasteiger partial charge is 0.382 e. The fraction of sp³-hybridized carbons (Fsp3) is 0.286. The van der Waals surface area contributed by atoms with E-state index >= 15 is 4.39 Å². The number of nitrogens with two attached hydrogens (primary N) is 1. The van der Waals surface area contributed by atoms with Crippen LogP contribution in [0.1, 0.15) is 48.8 Å². The highest BCUT2D eigenvalue weighted by Gasteiger charge is 2.57. The van der Waals surface area contributed by atoms with Crippen LogP contribution >= 0.6 is 0 Å². The molecule has 192 valence electrons. The second-order valence-corrected chi connectivity index (χ2v) is 9.62. The Hall–Kier alpha value is -4.33. The van der Waals surface area contributed by atoms with Crippen molar-refractivity contribution in [2.75, 3.05) is 11.1 Å². The van der Waals surface area contributed by atoms with E-state index in [0.29, 0.717) is 22.9 Å². The SMILES string of the molecule is CC#CC(O)N1C2CCC1(c1nc(-c3ccc(C(=O)Nc4ccccn4)cc3F)c3c(N)nccn13)CC2. The molecule has 9 nitrogen and oxygen atoms in total. The predicted molar refractivity (Wildman–Crippen MR) is 140 cm³/mol. The van der Waals surface area contributed by atoms with Gasteiger partial charge in [-0.3, -0.25) is 14.1 Å². The molecule has 1 atom stereocenters. The summed E-state index contributed by atoms with van der Waals surface area (Å²) in [7, 11) is 0. The zero-order chi connectivity index (χ0) is 26.4. The first-order valence-corrected chi connectivity index (χ1v) is 12.5. The van der Waals surface area contributed by atoms with Crippen molar-refractivity contribution in [3.63, 3.8) is 0 Å². The quantitative estimate of drug-likeness (QED) is 0.350. The number of nitrogens with one attached hydrogen (secondary N) is 1. The van der Waals surface area contributed by atoms with Gasteiger partial charge in [-0.05, 0) is 62.9 Å².